The van der Waals surface area contributed by atoms with Crippen molar-refractivity contribution in [1.82, 2.24) is 29.0 Å². The van der Waals surface area contributed by atoms with Crippen LogP contribution in [0.3, 0.4) is 0 Å². The number of benzene rings is 1. The van der Waals surface area contributed by atoms with Crippen LogP contribution >= 0.6 is 0 Å². The lowest BCUT2D eigenvalue weighted by Crippen LogP contribution is -2.48. The van der Waals surface area contributed by atoms with Gasteiger partial charge in [-0.25, -0.2) is 28.2 Å². The van der Waals surface area contributed by atoms with Crippen molar-refractivity contribution in [2.24, 2.45) is 0 Å². The molecule has 0 radical (unpaired) electrons. The van der Waals surface area contributed by atoms with Crippen LogP contribution < -0.4 is 10.2 Å². The van der Waals surface area contributed by atoms with Gasteiger partial charge in [-0.2, -0.15) is 9.19 Å². The molecule has 0 spiro atoms. The number of fused-ring (bicyclic) bond motifs is 1. The van der Waals surface area contributed by atoms with E-state index in [0.717, 1.165) is 26.2 Å². The minimum Gasteiger partial charge on any atom is -0.443 e. The monoisotopic (exact) mass is 630 g/mol. The molecule has 6 rings (SSSR count). The summed E-state index contributed by atoms with van der Waals surface area (Å²) in [6, 6.07) is 7.94. The zero-order valence-corrected chi connectivity index (χ0v) is 27.3. The van der Waals surface area contributed by atoms with Crippen molar-refractivity contribution in [3.63, 3.8) is 0 Å². The van der Waals surface area contributed by atoms with Crippen molar-refractivity contribution in [2.45, 2.75) is 77.2 Å². The molecule has 12 nitrogen and oxygen atoms in total. The number of hydrogen-bond acceptors (Lipinski definition) is 10. The van der Waals surface area contributed by atoms with Gasteiger partial charge in [-0.3, -0.25) is 4.90 Å². The number of pyridine rings is 1. The number of nitrogens with zero attached hydrogens (tertiary/aromatic N) is 7. The first-order valence-electron chi connectivity index (χ1n) is 15.0. The van der Waals surface area contributed by atoms with Gasteiger partial charge in [0.2, 0.25) is 0 Å². The van der Waals surface area contributed by atoms with E-state index in [1.807, 2.05) is 39.2 Å². The molecule has 1 saturated carbocycles. The number of anilines is 3. The van der Waals surface area contributed by atoms with Crippen LogP contribution in [0.25, 0.3) is 22.2 Å². The van der Waals surface area contributed by atoms with Crippen LogP contribution in [-0.4, -0.2) is 67.5 Å². The number of carbonyl (C=O) groups is 1. The second kappa shape index (κ2) is 11.1. The predicted octanol–water partition coefficient (Wildman–Crippen LogP) is 6.01. The molecule has 13 heteroatoms. The number of ether oxygens (including phenoxy) is 1. The van der Waals surface area contributed by atoms with Crippen LogP contribution in [0, 0.1) is 0 Å². The van der Waals surface area contributed by atoms with Gasteiger partial charge in [-0.1, -0.05) is 19.9 Å². The molecule has 1 fully saturated rings. The normalized spacial score (nSPS) is 16.8. The largest absolute Gasteiger partial charge is 0.443 e. The topological polar surface area (TPSA) is 135 Å². The average molecular weight is 631 g/mol. The molecule has 1 N–H and O–H groups in total. The van der Waals surface area contributed by atoms with Crippen molar-refractivity contribution >= 4 is 44.2 Å². The van der Waals surface area contributed by atoms with Gasteiger partial charge < -0.3 is 15.0 Å². The van der Waals surface area contributed by atoms with Gasteiger partial charge in [0, 0.05) is 31.0 Å². The molecule has 1 amide bonds. The van der Waals surface area contributed by atoms with Gasteiger partial charge >= 0.3 is 6.09 Å². The number of aromatic nitrogens is 5. The molecule has 1 aliphatic heterocycles. The van der Waals surface area contributed by atoms with E-state index in [9.17, 15) is 13.2 Å². The Balaban J connectivity index is 1.27. The molecular formula is C32H38N8O4S. The second-order valence-electron chi connectivity index (χ2n) is 12.9. The van der Waals surface area contributed by atoms with Crippen LogP contribution in [0.15, 0.2) is 60.9 Å². The smallest absolute Gasteiger partial charge is 0.414 e. The Kier molecular flexibility index (Phi) is 7.54. The highest BCUT2D eigenvalue weighted by molar-refractivity contribution is 7.90. The van der Waals surface area contributed by atoms with Crippen molar-refractivity contribution in [2.75, 3.05) is 17.3 Å². The number of hydrogen-bond donors (Lipinski definition) is 1. The lowest BCUT2D eigenvalue weighted by atomic mass is 9.94. The number of rotatable bonds is 8. The quantitative estimate of drug-likeness (QED) is 0.246. The van der Waals surface area contributed by atoms with E-state index in [4.69, 9.17) is 9.72 Å². The summed E-state index contributed by atoms with van der Waals surface area (Å²) in [5.41, 5.74) is 2.97. The first kappa shape index (κ1) is 30.5. The number of amides is 1. The zero-order chi connectivity index (χ0) is 32.3. The fraction of sp³-hybridized carbons (Fsp3) is 0.406. The Morgan fingerprint density at radius 1 is 1.09 bits per heavy atom. The van der Waals surface area contributed by atoms with Crippen LogP contribution in [0.2, 0.25) is 0 Å². The molecule has 0 bridgehead atoms. The summed E-state index contributed by atoms with van der Waals surface area (Å²) in [5.74, 6) is 1.75. The van der Waals surface area contributed by atoms with Crippen molar-refractivity contribution < 1.29 is 17.9 Å². The van der Waals surface area contributed by atoms with E-state index in [1.165, 1.54) is 18.0 Å². The Morgan fingerprint density at radius 2 is 1.84 bits per heavy atom. The van der Waals surface area contributed by atoms with Gasteiger partial charge in [0.05, 0.1) is 40.6 Å². The molecule has 0 saturated heterocycles. The molecule has 2 aliphatic rings. The third-order valence-corrected chi connectivity index (χ3v) is 9.95. The van der Waals surface area contributed by atoms with Crippen LogP contribution in [0.5, 0.6) is 0 Å². The molecule has 1 aliphatic carbocycles. The first-order valence-corrected chi connectivity index (χ1v) is 16.5. The van der Waals surface area contributed by atoms with Gasteiger partial charge in [-0.05, 0) is 75.6 Å². The second-order valence-corrected chi connectivity index (χ2v) is 14.9. The maximum atomic E-state index is 12.7. The third-order valence-electron chi connectivity index (χ3n) is 7.92. The third kappa shape index (κ3) is 5.96. The summed E-state index contributed by atoms with van der Waals surface area (Å²) in [6.45, 7) is 11.9. The number of carbonyl (C=O) groups excluding carboxylic acids is 1. The van der Waals surface area contributed by atoms with Gasteiger partial charge in [-0.15, -0.1) is 0 Å². The SMILES string of the molecule is CC(C)c1ccc(N2C=C(N(C)C(=O)OC(C)(C)C)[C@H]2C)c2cnc(Nc3ccnc(-c4cnn(S(=O)(=O)C5CC5)c4)n3)cc12. The molecule has 4 heterocycles. The highest BCUT2D eigenvalue weighted by atomic mass is 32.2. The summed E-state index contributed by atoms with van der Waals surface area (Å²) < 4.78 is 31.7. The first-order chi connectivity index (χ1) is 21.2. The maximum absolute atomic E-state index is 12.7. The summed E-state index contributed by atoms with van der Waals surface area (Å²) in [7, 11) is -1.75. The summed E-state index contributed by atoms with van der Waals surface area (Å²) >= 11 is 0. The van der Waals surface area contributed by atoms with E-state index < -0.39 is 15.6 Å². The zero-order valence-electron chi connectivity index (χ0n) is 26.5. The minimum atomic E-state index is -3.48. The average Bonchev–Trinajstić information content (AvgIpc) is 3.72. The molecule has 236 valence electrons. The predicted molar refractivity (Wildman–Crippen MR) is 174 cm³/mol. The molecule has 1 atom stereocenters. The van der Waals surface area contributed by atoms with Gasteiger partial charge in [0.15, 0.2) is 5.82 Å². The summed E-state index contributed by atoms with van der Waals surface area (Å²) in [6.07, 6.45) is 9.28. The van der Waals surface area contributed by atoms with Gasteiger partial charge in [0.1, 0.15) is 17.2 Å². The highest BCUT2D eigenvalue weighted by Crippen LogP contribution is 2.39. The Labute approximate surface area is 263 Å². The Hall–Kier alpha value is -4.52. The van der Waals surface area contributed by atoms with E-state index in [1.54, 1.807) is 24.2 Å². The van der Waals surface area contributed by atoms with Crippen LogP contribution in [-0.2, 0) is 14.8 Å². The molecule has 3 aromatic heterocycles. The van der Waals surface area contributed by atoms with Crippen molar-refractivity contribution in [1.29, 1.82) is 0 Å². The minimum absolute atomic E-state index is 0.0449. The van der Waals surface area contributed by atoms with E-state index in [2.05, 4.69) is 58.2 Å². The van der Waals surface area contributed by atoms with Crippen LogP contribution in [0.4, 0.5) is 22.1 Å². The van der Waals surface area contributed by atoms with E-state index in [-0.39, 0.29) is 23.3 Å². The maximum Gasteiger partial charge on any atom is 0.414 e. The van der Waals surface area contributed by atoms with Gasteiger partial charge in [0.25, 0.3) is 10.0 Å². The molecule has 1 aromatic carbocycles. The number of likely N-dealkylation sites (N-methyl/N-ethyl adjacent to an activating group) is 1. The Morgan fingerprint density at radius 3 is 2.51 bits per heavy atom. The van der Waals surface area contributed by atoms with Crippen molar-refractivity contribution in [3.8, 4) is 11.4 Å². The number of nitrogens with one attached hydrogen (secondary N) is 1. The van der Waals surface area contributed by atoms with Crippen molar-refractivity contribution in [3.05, 3.63) is 66.5 Å². The molecular weight excluding hydrogens is 592 g/mol. The van der Waals surface area contributed by atoms with E-state index in [0.29, 0.717) is 35.9 Å². The lowest BCUT2D eigenvalue weighted by Gasteiger charge is -2.42. The summed E-state index contributed by atoms with van der Waals surface area (Å²) in [4.78, 5) is 30.0. The lowest BCUT2D eigenvalue weighted by molar-refractivity contribution is 0.0338. The van der Waals surface area contributed by atoms with Crippen LogP contribution in [0.1, 0.15) is 65.9 Å². The molecule has 45 heavy (non-hydrogen) atoms. The Bertz CT molecular complexity index is 1920. The molecule has 0 unspecified atom stereocenters. The fourth-order valence-electron chi connectivity index (χ4n) is 5.32. The molecule has 4 aromatic rings. The standard InChI is InChI=1S/C32H38N8O4S/c1-19(2)23-10-11-26(39-18-27(20(39)3)38(7)31(41)44-32(4,5)6)25-16-34-29(14-24(23)25)36-28-12-13-33-30(37-28)21-15-35-40(17-21)45(42,43)22-8-9-22/h10-20,22H,8-9H2,1-7H3,(H,33,34,36,37)/t20-/m1/s1. The highest BCUT2D eigenvalue weighted by Gasteiger charge is 2.38. The summed E-state index contributed by atoms with van der Waals surface area (Å²) in [5, 5.41) is 9.02. The van der Waals surface area contributed by atoms with E-state index >= 15 is 0 Å². The fourth-order valence-corrected chi connectivity index (χ4v) is 6.80.